The van der Waals surface area contributed by atoms with E-state index in [0.717, 1.165) is 12.8 Å². The zero-order chi connectivity index (χ0) is 12.1. The van der Waals surface area contributed by atoms with E-state index >= 15 is 0 Å². The molecule has 1 unspecified atom stereocenters. The summed E-state index contributed by atoms with van der Waals surface area (Å²) in [6.45, 7) is 0.146. The Morgan fingerprint density at radius 3 is 2.56 bits per heavy atom. The highest BCUT2D eigenvalue weighted by molar-refractivity contribution is 5.75. The number of amides is 2. The van der Waals surface area contributed by atoms with E-state index in [2.05, 4.69) is 5.32 Å². The minimum Gasteiger partial charge on any atom is -0.481 e. The van der Waals surface area contributed by atoms with Crippen molar-refractivity contribution in [3.8, 4) is 0 Å². The Balaban J connectivity index is 2.41. The third kappa shape index (κ3) is 4.06. The summed E-state index contributed by atoms with van der Waals surface area (Å²) < 4.78 is 0. The molecule has 6 nitrogen and oxygen atoms in total. The predicted octanol–water partition coefficient (Wildman–Crippen LogP) is -0.127. The largest absolute Gasteiger partial charge is 0.481 e. The van der Waals surface area contributed by atoms with Crippen molar-refractivity contribution in [3.05, 3.63) is 0 Å². The number of likely N-dealkylation sites (N-methyl/N-ethyl adjacent to an activating group) is 1. The van der Waals surface area contributed by atoms with Crippen molar-refractivity contribution < 1.29 is 19.8 Å². The van der Waals surface area contributed by atoms with Crippen LogP contribution in [0, 0.1) is 5.92 Å². The van der Waals surface area contributed by atoms with E-state index in [1.807, 2.05) is 0 Å². The Labute approximate surface area is 94.2 Å². The number of hydrogen-bond donors (Lipinski definition) is 3. The molecule has 0 heterocycles. The lowest BCUT2D eigenvalue weighted by Crippen LogP contribution is -2.45. The van der Waals surface area contributed by atoms with Crippen molar-refractivity contribution in [2.45, 2.75) is 25.3 Å². The van der Waals surface area contributed by atoms with Gasteiger partial charge in [-0.3, -0.25) is 4.79 Å². The quantitative estimate of drug-likeness (QED) is 0.593. The van der Waals surface area contributed by atoms with Crippen LogP contribution in [0.5, 0.6) is 0 Å². The number of nitrogens with one attached hydrogen (secondary N) is 1. The van der Waals surface area contributed by atoms with Gasteiger partial charge in [-0.15, -0.1) is 0 Å². The number of carboxylic acids is 1. The maximum Gasteiger partial charge on any atom is 0.317 e. The van der Waals surface area contributed by atoms with Crippen molar-refractivity contribution in [1.82, 2.24) is 10.2 Å². The summed E-state index contributed by atoms with van der Waals surface area (Å²) in [5.41, 5.74) is 0. The van der Waals surface area contributed by atoms with Crippen LogP contribution in [0.3, 0.4) is 0 Å². The third-order valence-corrected chi connectivity index (χ3v) is 2.68. The standard InChI is InChI=1S/C10H18N2O4/c1-12(4-5-13)10(16)11-8(6-9(14)15)7-2-3-7/h7-8,13H,2-6H2,1H3,(H,11,16)(H,14,15). The van der Waals surface area contributed by atoms with Crippen LogP contribution < -0.4 is 5.32 Å². The van der Waals surface area contributed by atoms with Gasteiger partial charge in [-0.2, -0.15) is 0 Å². The van der Waals surface area contributed by atoms with Gasteiger partial charge in [0.1, 0.15) is 0 Å². The first kappa shape index (κ1) is 12.8. The van der Waals surface area contributed by atoms with Gasteiger partial charge in [-0.05, 0) is 18.8 Å². The number of nitrogens with zero attached hydrogens (tertiary/aromatic N) is 1. The first-order valence-corrected chi connectivity index (χ1v) is 5.39. The number of hydrogen-bond acceptors (Lipinski definition) is 3. The van der Waals surface area contributed by atoms with Crippen LogP contribution in [0.15, 0.2) is 0 Å². The van der Waals surface area contributed by atoms with Gasteiger partial charge in [0, 0.05) is 19.6 Å². The van der Waals surface area contributed by atoms with Gasteiger partial charge in [-0.25, -0.2) is 4.79 Å². The number of aliphatic hydroxyl groups is 1. The van der Waals surface area contributed by atoms with Gasteiger partial charge in [-0.1, -0.05) is 0 Å². The Morgan fingerprint density at radius 1 is 1.50 bits per heavy atom. The van der Waals surface area contributed by atoms with Crippen LogP contribution in [0.25, 0.3) is 0 Å². The molecule has 92 valence electrons. The normalized spacial score (nSPS) is 16.6. The summed E-state index contributed by atoms with van der Waals surface area (Å²) in [5.74, 6) is -0.607. The number of urea groups is 1. The molecule has 1 atom stereocenters. The number of carboxylic acid groups (broad SMARTS) is 1. The highest BCUT2D eigenvalue weighted by Gasteiger charge is 2.34. The molecule has 0 saturated heterocycles. The molecule has 1 aliphatic carbocycles. The van der Waals surface area contributed by atoms with E-state index in [-0.39, 0.29) is 31.6 Å². The van der Waals surface area contributed by atoms with Crippen LogP contribution in [0.4, 0.5) is 4.79 Å². The van der Waals surface area contributed by atoms with Crippen LogP contribution >= 0.6 is 0 Å². The summed E-state index contributed by atoms with van der Waals surface area (Å²) in [4.78, 5) is 23.5. The van der Waals surface area contributed by atoms with Crippen LogP contribution in [0.1, 0.15) is 19.3 Å². The summed E-state index contributed by atoms with van der Waals surface area (Å²) in [5, 5.41) is 20.1. The van der Waals surface area contributed by atoms with Gasteiger partial charge in [0.05, 0.1) is 13.0 Å². The topological polar surface area (TPSA) is 89.9 Å². The molecule has 1 aliphatic rings. The molecular weight excluding hydrogens is 212 g/mol. The zero-order valence-electron chi connectivity index (χ0n) is 9.35. The SMILES string of the molecule is CN(CCO)C(=O)NC(CC(=O)O)C1CC1. The molecule has 1 rings (SSSR count). The number of carbonyl (C=O) groups excluding carboxylic acids is 1. The van der Waals surface area contributed by atoms with Gasteiger partial charge in [0.15, 0.2) is 0 Å². The van der Waals surface area contributed by atoms with Crippen LogP contribution in [-0.4, -0.2) is 53.4 Å². The average Bonchev–Trinajstić information content (AvgIpc) is 2.99. The molecule has 0 aromatic carbocycles. The molecule has 0 aromatic rings. The fourth-order valence-corrected chi connectivity index (χ4v) is 1.54. The van der Waals surface area contributed by atoms with Crippen LogP contribution in [-0.2, 0) is 4.79 Å². The summed E-state index contributed by atoms with van der Waals surface area (Å²) >= 11 is 0. The van der Waals surface area contributed by atoms with Crippen molar-refractivity contribution in [1.29, 1.82) is 0 Å². The average molecular weight is 230 g/mol. The van der Waals surface area contributed by atoms with E-state index in [9.17, 15) is 9.59 Å². The fraction of sp³-hybridized carbons (Fsp3) is 0.800. The van der Waals surface area contributed by atoms with Crippen molar-refractivity contribution >= 4 is 12.0 Å². The molecule has 16 heavy (non-hydrogen) atoms. The van der Waals surface area contributed by atoms with E-state index < -0.39 is 5.97 Å². The lowest BCUT2D eigenvalue weighted by atomic mass is 10.1. The molecule has 2 amide bonds. The number of rotatable bonds is 6. The lowest BCUT2D eigenvalue weighted by Gasteiger charge is -2.21. The molecule has 1 fully saturated rings. The first-order chi connectivity index (χ1) is 7.54. The van der Waals surface area contributed by atoms with E-state index in [1.165, 1.54) is 4.90 Å². The van der Waals surface area contributed by atoms with Gasteiger partial charge in [0.25, 0.3) is 0 Å². The second-order valence-corrected chi connectivity index (χ2v) is 4.14. The number of carbonyl (C=O) groups is 2. The summed E-state index contributed by atoms with van der Waals surface area (Å²) in [6, 6.07) is -0.613. The minimum absolute atomic E-state index is 0.0383. The Bertz CT molecular complexity index is 266. The minimum atomic E-state index is -0.901. The van der Waals surface area contributed by atoms with E-state index in [0.29, 0.717) is 5.92 Å². The molecule has 6 heteroatoms. The maximum absolute atomic E-state index is 11.6. The Kier molecular flexibility index (Phi) is 4.54. The van der Waals surface area contributed by atoms with E-state index in [1.54, 1.807) is 7.05 Å². The zero-order valence-corrected chi connectivity index (χ0v) is 9.35. The predicted molar refractivity (Wildman–Crippen MR) is 57.0 cm³/mol. The second-order valence-electron chi connectivity index (χ2n) is 4.14. The summed E-state index contributed by atoms with van der Waals surface area (Å²) in [7, 11) is 1.57. The highest BCUT2D eigenvalue weighted by Crippen LogP contribution is 2.34. The maximum atomic E-state index is 11.6. The molecule has 3 N–H and O–H groups in total. The van der Waals surface area contributed by atoms with Crippen molar-refractivity contribution in [2.75, 3.05) is 20.2 Å². The molecule has 0 aliphatic heterocycles. The molecule has 1 saturated carbocycles. The van der Waals surface area contributed by atoms with Gasteiger partial charge in [0.2, 0.25) is 0 Å². The fourth-order valence-electron chi connectivity index (χ4n) is 1.54. The van der Waals surface area contributed by atoms with Crippen LogP contribution in [0.2, 0.25) is 0 Å². The molecule has 0 spiro atoms. The third-order valence-electron chi connectivity index (χ3n) is 2.68. The van der Waals surface area contributed by atoms with E-state index in [4.69, 9.17) is 10.2 Å². The van der Waals surface area contributed by atoms with Crippen molar-refractivity contribution in [3.63, 3.8) is 0 Å². The van der Waals surface area contributed by atoms with Gasteiger partial charge < -0.3 is 20.4 Å². The van der Waals surface area contributed by atoms with Gasteiger partial charge >= 0.3 is 12.0 Å². The Morgan fingerprint density at radius 2 is 2.12 bits per heavy atom. The first-order valence-electron chi connectivity index (χ1n) is 5.39. The molecule has 0 aromatic heterocycles. The Hall–Kier alpha value is -1.30. The highest BCUT2D eigenvalue weighted by atomic mass is 16.4. The summed E-state index contributed by atoms with van der Waals surface area (Å²) in [6.07, 6.45) is 1.91. The monoisotopic (exact) mass is 230 g/mol. The second kappa shape index (κ2) is 5.69. The number of aliphatic carboxylic acids is 1. The lowest BCUT2D eigenvalue weighted by molar-refractivity contribution is -0.137. The van der Waals surface area contributed by atoms with Crippen molar-refractivity contribution in [2.24, 2.45) is 5.92 Å². The molecular formula is C10H18N2O4. The smallest absolute Gasteiger partial charge is 0.317 e. The number of aliphatic hydroxyl groups excluding tert-OH is 1. The molecule has 0 bridgehead atoms. The molecule has 0 radical (unpaired) electrons.